The molecule has 1 unspecified atom stereocenters. The largest absolute Gasteiger partial charge is 0.335 e. The molecule has 0 aliphatic rings. The molecule has 0 saturated carbocycles. The van der Waals surface area contributed by atoms with Gasteiger partial charge in [0.25, 0.3) is 0 Å². The normalized spacial score (nSPS) is 13.1. The van der Waals surface area contributed by atoms with E-state index in [-0.39, 0.29) is 16.8 Å². The lowest BCUT2D eigenvalue weighted by Crippen LogP contribution is -2.28. The molecule has 6 heteroatoms. The van der Waals surface area contributed by atoms with E-state index in [4.69, 9.17) is 5.14 Å². The Morgan fingerprint density at radius 2 is 1.48 bits per heavy atom. The maximum atomic E-state index is 12.5. The monoisotopic (exact) mass is 386 g/mol. The van der Waals surface area contributed by atoms with Crippen molar-refractivity contribution in [3.05, 3.63) is 71.3 Å². The van der Waals surface area contributed by atoms with Gasteiger partial charge in [0.1, 0.15) is 0 Å². The number of benzene rings is 2. The third-order valence-electron chi connectivity index (χ3n) is 4.64. The summed E-state index contributed by atoms with van der Waals surface area (Å²) >= 11 is 0. The summed E-state index contributed by atoms with van der Waals surface area (Å²) in [6, 6.07) is 14.1. The van der Waals surface area contributed by atoms with Crippen molar-refractivity contribution in [1.82, 2.24) is 4.90 Å². The number of nitrogens with two attached hydrogens (primary N) is 1. The molecule has 0 radical (unpaired) electrons. The molecule has 27 heavy (non-hydrogen) atoms. The lowest BCUT2D eigenvalue weighted by atomic mass is 10.0. The number of carbonyl (C=O) groups excluding carboxylic acids is 1. The Balaban J connectivity index is 2.07. The van der Waals surface area contributed by atoms with Gasteiger partial charge >= 0.3 is 0 Å². The molecule has 2 aromatic carbocycles. The third-order valence-corrected chi connectivity index (χ3v) is 5.57. The molecule has 1 amide bonds. The average molecular weight is 387 g/mol. The topological polar surface area (TPSA) is 80.5 Å². The number of sulfonamides is 1. The van der Waals surface area contributed by atoms with Crippen LogP contribution in [0.2, 0.25) is 0 Å². The minimum Gasteiger partial charge on any atom is -0.335 e. The number of likely N-dealkylation sites (N-methyl/N-ethyl adjacent to an activating group) is 1. The maximum absolute atomic E-state index is 12.5. The Hall–Kier alpha value is -2.44. The van der Waals surface area contributed by atoms with Crippen LogP contribution in [0.25, 0.3) is 6.08 Å². The number of amides is 1. The Kier molecular flexibility index (Phi) is 6.57. The number of nitrogens with zero attached hydrogens (tertiary/aromatic N) is 1. The SMILES string of the molecule is CC(C)c1ccc(C=CC(=O)N(C)C(C)c2ccc(S(N)(=O)=O)cc2)cc1. The molecule has 0 aromatic heterocycles. The molecule has 0 saturated heterocycles. The van der Waals surface area contributed by atoms with Gasteiger partial charge in [-0.25, -0.2) is 13.6 Å². The second-order valence-electron chi connectivity index (χ2n) is 6.89. The van der Waals surface area contributed by atoms with Gasteiger partial charge in [0, 0.05) is 13.1 Å². The van der Waals surface area contributed by atoms with Gasteiger partial charge in [-0.2, -0.15) is 0 Å². The molecule has 0 aliphatic heterocycles. The lowest BCUT2D eigenvalue weighted by molar-refractivity contribution is -0.126. The van der Waals surface area contributed by atoms with E-state index in [1.807, 2.05) is 19.1 Å². The molecule has 0 fully saturated rings. The van der Waals surface area contributed by atoms with Crippen molar-refractivity contribution in [3.63, 3.8) is 0 Å². The fraction of sp³-hybridized carbons (Fsp3) is 0.286. The first-order chi connectivity index (χ1) is 12.6. The highest BCUT2D eigenvalue weighted by atomic mass is 32.2. The first kappa shape index (κ1) is 20.9. The molecule has 2 rings (SSSR count). The molecule has 0 bridgehead atoms. The van der Waals surface area contributed by atoms with E-state index in [0.717, 1.165) is 11.1 Å². The van der Waals surface area contributed by atoms with Crippen LogP contribution >= 0.6 is 0 Å². The molecule has 2 aromatic rings. The van der Waals surface area contributed by atoms with E-state index in [1.54, 1.807) is 36.2 Å². The fourth-order valence-electron chi connectivity index (χ4n) is 2.63. The predicted molar refractivity (Wildman–Crippen MR) is 109 cm³/mol. The molecule has 0 spiro atoms. The molecular formula is C21H26N2O3S. The van der Waals surface area contributed by atoms with E-state index in [1.165, 1.54) is 17.7 Å². The maximum Gasteiger partial charge on any atom is 0.246 e. The fourth-order valence-corrected chi connectivity index (χ4v) is 3.14. The van der Waals surface area contributed by atoms with Crippen molar-refractivity contribution in [2.24, 2.45) is 5.14 Å². The van der Waals surface area contributed by atoms with E-state index in [0.29, 0.717) is 5.92 Å². The molecule has 144 valence electrons. The van der Waals surface area contributed by atoms with Crippen LogP contribution in [-0.2, 0) is 14.8 Å². The second-order valence-corrected chi connectivity index (χ2v) is 8.46. The van der Waals surface area contributed by atoms with Crippen molar-refractivity contribution in [2.75, 3.05) is 7.05 Å². The average Bonchev–Trinajstić information content (AvgIpc) is 2.64. The number of hydrogen-bond acceptors (Lipinski definition) is 3. The Morgan fingerprint density at radius 1 is 0.963 bits per heavy atom. The van der Waals surface area contributed by atoms with Gasteiger partial charge in [0.2, 0.25) is 15.9 Å². The lowest BCUT2D eigenvalue weighted by Gasteiger charge is -2.24. The third kappa shape index (κ3) is 5.52. The van der Waals surface area contributed by atoms with Crippen LogP contribution in [0.15, 0.2) is 59.5 Å². The first-order valence-corrected chi connectivity index (χ1v) is 10.3. The summed E-state index contributed by atoms with van der Waals surface area (Å²) < 4.78 is 22.7. The molecule has 5 nitrogen and oxygen atoms in total. The Morgan fingerprint density at radius 3 is 1.96 bits per heavy atom. The highest BCUT2D eigenvalue weighted by Gasteiger charge is 2.16. The van der Waals surface area contributed by atoms with Gasteiger partial charge in [-0.3, -0.25) is 4.79 Å². The number of rotatable bonds is 6. The van der Waals surface area contributed by atoms with E-state index in [9.17, 15) is 13.2 Å². The Labute approximate surface area is 161 Å². The molecule has 1 atom stereocenters. The molecular weight excluding hydrogens is 360 g/mol. The number of primary sulfonamides is 1. The quantitative estimate of drug-likeness (QED) is 0.769. The van der Waals surface area contributed by atoms with Crippen molar-refractivity contribution in [3.8, 4) is 0 Å². The van der Waals surface area contributed by atoms with Crippen LogP contribution in [0.1, 0.15) is 49.4 Å². The second kappa shape index (κ2) is 8.50. The minimum atomic E-state index is -3.72. The first-order valence-electron chi connectivity index (χ1n) is 8.77. The zero-order valence-corrected chi connectivity index (χ0v) is 16.9. The van der Waals surface area contributed by atoms with Gasteiger partial charge in [0.15, 0.2) is 0 Å². The number of carbonyl (C=O) groups is 1. The molecule has 0 aliphatic carbocycles. The standard InChI is InChI=1S/C21H26N2O3S/c1-15(2)18-8-5-17(6-9-18)7-14-21(24)23(4)16(3)19-10-12-20(13-11-19)27(22,25)26/h5-16H,1-4H3,(H2,22,25,26). The smallest absolute Gasteiger partial charge is 0.246 e. The van der Waals surface area contributed by atoms with Crippen LogP contribution in [-0.4, -0.2) is 26.3 Å². The van der Waals surface area contributed by atoms with Crippen molar-refractivity contribution < 1.29 is 13.2 Å². The zero-order valence-electron chi connectivity index (χ0n) is 16.1. The van der Waals surface area contributed by atoms with E-state index in [2.05, 4.69) is 26.0 Å². The zero-order chi connectivity index (χ0) is 20.2. The van der Waals surface area contributed by atoms with Crippen LogP contribution in [0.4, 0.5) is 0 Å². The summed E-state index contributed by atoms with van der Waals surface area (Å²) in [7, 11) is -2.01. The van der Waals surface area contributed by atoms with Gasteiger partial charge in [-0.1, -0.05) is 50.2 Å². The van der Waals surface area contributed by atoms with Gasteiger partial charge in [-0.15, -0.1) is 0 Å². The summed E-state index contributed by atoms with van der Waals surface area (Å²) in [6.07, 6.45) is 3.33. The summed E-state index contributed by atoms with van der Waals surface area (Å²) in [5, 5.41) is 5.11. The van der Waals surface area contributed by atoms with Gasteiger partial charge < -0.3 is 4.90 Å². The van der Waals surface area contributed by atoms with Crippen molar-refractivity contribution in [1.29, 1.82) is 0 Å². The van der Waals surface area contributed by atoms with Gasteiger partial charge in [0.05, 0.1) is 10.9 Å². The summed E-state index contributed by atoms with van der Waals surface area (Å²) in [5.74, 6) is 0.336. The van der Waals surface area contributed by atoms with Crippen molar-refractivity contribution in [2.45, 2.75) is 37.6 Å². The van der Waals surface area contributed by atoms with E-state index < -0.39 is 10.0 Å². The summed E-state index contributed by atoms with van der Waals surface area (Å²) in [4.78, 5) is 14.1. The van der Waals surface area contributed by atoms with E-state index >= 15 is 0 Å². The number of hydrogen-bond donors (Lipinski definition) is 1. The highest BCUT2D eigenvalue weighted by Crippen LogP contribution is 2.21. The van der Waals surface area contributed by atoms with Crippen LogP contribution in [0.5, 0.6) is 0 Å². The highest BCUT2D eigenvalue weighted by molar-refractivity contribution is 7.89. The van der Waals surface area contributed by atoms with Gasteiger partial charge in [-0.05, 0) is 47.7 Å². The summed E-state index contributed by atoms with van der Waals surface area (Å²) in [5.41, 5.74) is 3.05. The molecule has 2 N–H and O–H groups in total. The minimum absolute atomic E-state index is 0.0529. The predicted octanol–water partition coefficient (Wildman–Crippen LogP) is 3.69. The molecule has 0 heterocycles. The Bertz CT molecular complexity index is 915. The van der Waals surface area contributed by atoms with Crippen LogP contribution < -0.4 is 5.14 Å². The van der Waals surface area contributed by atoms with Crippen molar-refractivity contribution >= 4 is 22.0 Å². The van der Waals surface area contributed by atoms with Crippen LogP contribution in [0, 0.1) is 0 Å². The summed E-state index contributed by atoms with van der Waals surface area (Å²) in [6.45, 7) is 6.16. The van der Waals surface area contributed by atoms with Crippen LogP contribution in [0.3, 0.4) is 0 Å².